The summed E-state index contributed by atoms with van der Waals surface area (Å²) in [6, 6.07) is 6.96. The molecule has 0 aliphatic carbocycles. The van der Waals surface area contributed by atoms with E-state index in [1.165, 1.54) is 18.5 Å². The molecule has 9 heteroatoms. The minimum atomic E-state index is -3.26. The van der Waals surface area contributed by atoms with Crippen LogP contribution < -0.4 is 10.1 Å². The second-order valence-electron chi connectivity index (χ2n) is 6.97. The Bertz CT molecular complexity index is 975. The number of halogens is 1. The van der Waals surface area contributed by atoms with Gasteiger partial charge in [0.05, 0.1) is 12.4 Å². The first-order valence-corrected chi connectivity index (χ1v) is 11.3. The molecule has 1 aromatic heterocycles. The second kappa shape index (κ2) is 9.84. The van der Waals surface area contributed by atoms with Crippen molar-refractivity contribution in [2.45, 2.75) is 32.9 Å². The van der Waals surface area contributed by atoms with Crippen LogP contribution in [0, 0.1) is 5.92 Å². The Morgan fingerprint density at radius 1 is 1.17 bits per heavy atom. The molecular formula is C20H24ClN3O4S. The van der Waals surface area contributed by atoms with E-state index in [2.05, 4.69) is 15.3 Å². The third-order valence-electron chi connectivity index (χ3n) is 3.88. The number of hydrogen-bond acceptors (Lipinski definition) is 6. The van der Waals surface area contributed by atoms with Crippen molar-refractivity contribution in [1.29, 1.82) is 0 Å². The molecular weight excluding hydrogens is 414 g/mol. The van der Waals surface area contributed by atoms with Gasteiger partial charge < -0.3 is 10.1 Å². The van der Waals surface area contributed by atoms with Gasteiger partial charge in [0.25, 0.3) is 5.91 Å². The Balaban J connectivity index is 2.08. The Labute approximate surface area is 176 Å². The molecule has 0 aliphatic rings. The third-order valence-corrected chi connectivity index (χ3v) is 4.88. The monoisotopic (exact) mass is 437 g/mol. The van der Waals surface area contributed by atoms with Crippen LogP contribution in [0.15, 0.2) is 48.1 Å². The van der Waals surface area contributed by atoms with Crippen molar-refractivity contribution in [3.05, 3.63) is 64.6 Å². The number of ether oxygens (including phenoxy) is 1. The number of hydrogen-bond donors (Lipinski definition) is 1. The SMILES string of the molecule is CC(C)C(Oc1cnc(C(=O)N[C@H](C)/C=C/S(C)(=O)=O)nc1)c1ccccc1Cl. The highest BCUT2D eigenvalue weighted by atomic mass is 35.5. The molecule has 0 spiro atoms. The molecule has 2 atom stereocenters. The topological polar surface area (TPSA) is 98.2 Å². The molecule has 156 valence electrons. The smallest absolute Gasteiger partial charge is 0.289 e. The van der Waals surface area contributed by atoms with Crippen molar-refractivity contribution >= 4 is 27.3 Å². The van der Waals surface area contributed by atoms with Crippen molar-refractivity contribution in [2.75, 3.05) is 6.26 Å². The average Bonchev–Trinajstić information content (AvgIpc) is 2.65. The molecule has 1 aromatic carbocycles. The number of benzene rings is 1. The molecule has 29 heavy (non-hydrogen) atoms. The Kier molecular flexibility index (Phi) is 7.75. The van der Waals surface area contributed by atoms with E-state index >= 15 is 0 Å². The van der Waals surface area contributed by atoms with Crippen LogP contribution in [0.3, 0.4) is 0 Å². The largest absolute Gasteiger partial charge is 0.482 e. The average molecular weight is 438 g/mol. The van der Waals surface area contributed by atoms with Crippen molar-refractivity contribution in [1.82, 2.24) is 15.3 Å². The molecule has 0 aliphatic heterocycles. The van der Waals surface area contributed by atoms with Crippen LogP contribution in [0.4, 0.5) is 0 Å². The van der Waals surface area contributed by atoms with Crippen LogP contribution in [-0.2, 0) is 9.84 Å². The number of rotatable bonds is 8. The fraction of sp³-hybridized carbons (Fsp3) is 0.350. The highest BCUT2D eigenvalue weighted by molar-refractivity contribution is 7.93. The van der Waals surface area contributed by atoms with Gasteiger partial charge in [0.2, 0.25) is 5.82 Å². The summed E-state index contributed by atoms with van der Waals surface area (Å²) in [5.41, 5.74) is 0.859. The summed E-state index contributed by atoms with van der Waals surface area (Å²) in [5.74, 6) is -0.0185. The lowest BCUT2D eigenvalue weighted by Gasteiger charge is -2.23. The van der Waals surface area contributed by atoms with Gasteiger partial charge in [-0.1, -0.05) is 49.7 Å². The molecule has 0 radical (unpaired) electrons. The van der Waals surface area contributed by atoms with Crippen LogP contribution in [0.1, 0.15) is 43.1 Å². The summed E-state index contributed by atoms with van der Waals surface area (Å²) >= 11 is 6.29. The maximum absolute atomic E-state index is 12.2. The molecule has 1 amide bonds. The van der Waals surface area contributed by atoms with E-state index in [4.69, 9.17) is 16.3 Å². The van der Waals surface area contributed by atoms with Crippen LogP contribution in [0.25, 0.3) is 0 Å². The van der Waals surface area contributed by atoms with E-state index in [1.54, 1.807) is 13.0 Å². The lowest BCUT2D eigenvalue weighted by Crippen LogP contribution is -2.32. The predicted molar refractivity (Wildman–Crippen MR) is 113 cm³/mol. The van der Waals surface area contributed by atoms with Crippen molar-refractivity contribution in [2.24, 2.45) is 5.92 Å². The molecule has 1 heterocycles. The maximum atomic E-state index is 12.2. The van der Waals surface area contributed by atoms with E-state index in [1.807, 2.05) is 32.0 Å². The molecule has 1 unspecified atom stereocenters. The van der Waals surface area contributed by atoms with Gasteiger partial charge in [0, 0.05) is 28.3 Å². The summed E-state index contributed by atoms with van der Waals surface area (Å²) in [6.07, 6.45) is 5.00. The molecule has 0 saturated carbocycles. The van der Waals surface area contributed by atoms with Gasteiger partial charge in [-0.2, -0.15) is 0 Å². The zero-order chi connectivity index (χ0) is 21.6. The van der Waals surface area contributed by atoms with Crippen molar-refractivity contribution in [3.8, 4) is 5.75 Å². The number of aromatic nitrogens is 2. The van der Waals surface area contributed by atoms with Gasteiger partial charge in [0.1, 0.15) is 6.10 Å². The molecule has 2 rings (SSSR count). The van der Waals surface area contributed by atoms with E-state index in [0.717, 1.165) is 17.2 Å². The maximum Gasteiger partial charge on any atom is 0.289 e. The first-order valence-electron chi connectivity index (χ1n) is 8.99. The summed E-state index contributed by atoms with van der Waals surface area (Å²) < 4.78 is 28.3. The number of nitrogens with one attached hydrogen (secondary N) is 1. The lowest BCUT2D eigenvalue weighted by atomic mass is 9.99. The zero-order valence-electron chi connectivity index (χ0n) is 16.7. The Morgan fingerprint density at radius 3 is 2.34 bits per heavy atom. The third kappa shape index (κ3) is 7.14. The Hall–Kier alpha value is -2.45. The van der Waals surface area contributed by atoms with Gasteiger partial charge in [-0.3, -0.25) is 4.79 Å². The van der Waals surface area contributed by atoms with Gasteiger partial charge in [-0.15, -0.1) is 0 Å². The van der Waals surface area contributed by atoms with Crippen LogP contribution >= 0.6 is 11.6 Å². The standard InChI is InChI=1S/C20H24ClN3O4S/c1-13(2)18(16-7-5-6-8-17(16)21)28-15-11-22-19(23-12-15)20(25)24-14(3)9-10-29(4,26)27/h5-14,18H,1-4H3,(H,24,25)/b10-9+/t14-,18?/m1/s1. The lowest BCUT2D eigenvalue weighted by molar-refractivity contribution is 0.0935. The zero-order valence-corrected chi connectivity index (χ0v) is 18.2. The fourth-order valence-corrected chi connectivity index (χ4v) is 3.25. The summed E-state index contributed by atoms with van der Waals surface area (Å²) in [7, 11) is -3.26. The van der Waals surface area contributed by atoms with Crippen LogP contribution in [-0.4, -0.2) is 36.6 Å². The molecule has 7 nitrogen and oxygen atoms in total. The fourth-order valence-electron chi connectivity index (χ4n) is 2.49. The van der Waals surface area contributed by atoms with Crippen LogP contribution in [0.2, 0.25) is 5.02 Å². The summed E-state index contributed by atoms with van der Waals surface area (Å²) in [4.78, 5) is 20.3. The first kappa shape index (κ1) is 22.8. The number of carbonyl (C=O) groups is 1. The molecule has 0 fully saturated rings. The summed E-state index contributed by atoms with van der Waals surface area (Å²) in [6.45, 7) is 5.68. The highest BCUT2D eigenvalue weighted by Gasteiger charge is 2.21. The van der Waals surface area contributed by atoms with Gasteiger partial charge in [-0.25, -0.2) is 18.4 Å². The van der Waals surface area contributed by atoms with E-state index in [-0.39, 0.29) is 17.8 Å². The van der Waals surface area contributed by atoms with Crippen molar-refractivity contribution < 1.29 is 17.9 Å². The minimum absolute atomic E-state index is 0.0456. The van der Waals surface area contributed by atoms with E-state index < -0.39 is 21.8 Å². The van der Waals surface area contributed by atoms with E-state index in [9.17, 15) is 13.2 Å². The minimum Gasteiger partial charge on any atom is -0.482 e. The quantitative estimate of drug-likeness (QED) is 0.677. The highest BCUT2D eigenvalue weighted by Crippen LogP contribution is 2.32. The van der Waals surface area contributed by atoms with Gasteiger partial charge in [0.15, 0.2) is 15.6 Å². The Morgan fingerprint density at radius 2 is 1.79 bits per heavy atom. The van der Waals surface area contributed by atoms with Gasteiger partial charge >= 0.3 is 0 Å². The first-order chi connectivity index (χ1) is 13.6. The predicted octanol–water partition coefficient (Wildman–Crippen LogP) is 3.58. The molecule has 2 aromatic rings. The number of carbonyl (C=O) groups excluding carboxylic acids is 1. The molecule has 0 bridgehead atoms. The van der Waals surface area contributed by atoms with E-state index in [0.29, 0.717) is 10.8 Å². The molecule has 1 N–H and O–H groups in total. The number of nitrogens with zero attached hydrogens (tertiary/aromatic N) is 2. The summed E-state index contributed by atoms with van der Waals surface area (Å²) in [5, 5.41) is 4.26. The van der Waals surface area contributed by atoms with Crippen molar-refractivity contribution in [3.63, 3.8) is 0 Å². The van der Waals surface area contributed by atoms with Crippen LogP contribution in [0.5, 0.6) is 5.75 Å². The molecule has 0 saturated heterocycles. The number of sulfone groups is 1. The normalized spacial score (nSPS) is 14.0. The number of amides is 1. The van der Waals surface area contributed by atoms with Gasteiger partial charge in [-0.05, 0) is 18.9 Å². The second-order valence-corrected chi connectivity index (χ2v) is 9.30.